The highest BCUT2D eigenvalue weighted by Gasteiger charge is 2.16. The van der Waals surface area contributed by atoms with E-state index in [1.54, 1.807) is 0 Å². The van der Waals surface area contributed by atoms with Gasteiger partial charge in [-0.05, 0) is 77.5 Å². The van der Waals surface area contributed by atoms with Gasteiger partial charge in [0.15, 0.2) is 5.82 Å². The molecule has 0 aliphatic rings. The van der Waals surface area contributed by atoms with Gasteiger partial charge in [0.1, 0.15) is 0 Å². The number of nitrogens with zero attached hydrogens (tertiary/aromatic N) is 2. The minimum absolute atomic E-state index is 0.717. The van der Waals surface area contributed by atoms with Crippen LogP contribution in [0.25, 0.3) is 99.2 Å². The molecule has 0 spiro atoms. The fourth-order valence-corrected chi connectivity index (χ4v) is 7.78. The van der Waals surface area contributed by atoms with Crippen molar-refractivity contribution in [3.63, 3.8) is 0 Å². The number of aromatic nitrogens is 2. The van der Waals surface area contributed by atoms with E-state index in [-0.39, 0.29) is 0 Å². The minimum atomic E-state index is 0.717. The molecule has 2 nitrogen and oxygen atoms in total. The monoisotopic (exact) mass is 660 g/mol. The lowest BCUT2D eigenvalue weighted by atomic mass is 9.88. The third-order valence-electron chi connectivity index (χ3n) is 10.3. The summed E-state index contributed by atoms with van der Waals surface area (Å²) < 4.78 is 0. The lowest BCUT2D eigenvalue weighted by Crippen LogP contribution is -1.96. The van der Waals surface area contributed by atoms with E-state index < -0.39 is 0 Å². The van der Waals surface area contributed by atoms with Gasteiger partial charge in [-0.3, -0.25) is 0 Å². The van der Waals surface area contributed by atoms with Gasteiger partial charge in [0, 0.05) is 16.7 Å². The van der Waals surface area contributed by atoms with Gasteiger partial charge < -0.3 is 0 Å². The van der Waals surface area contributed by atoms with Crippen LogP contribution in [0.3, 0.4) is 0 Å². The molecule has 0 fully saturated rings. The Hall–Kier alpha value is -6.90. The fraction of sp³-hybridized carbons (Fsp3) is 0. The largest absolute Gasteiger partial charge is 0.228 e. The molecular formula is C50H32N2. The summed E-state index contributed by atoms with van der Waals surface area (Å²) in [5, 5.41) is 9.97. The molecule has 242 valence electrons. The van der Waals surface area contributed by atoms with Crippen molar-refractivity contribution in [2.24, 2.45) is 0 Å². The molecule has 1 heterocycles. The maximum absolute atomic E-state index is 5.15. The molecule has 0 aliphatic carbocycles. The van der Waals surface area contributed by atoms with Crippen molar-refractivity contribution < 1.29 is 0 Å². The standard InChI is InChI=1S/C50H32N2/c1-3-14-35(15-4-1)47-32-48(52-50(51-47)37-16-5-2-6-17-37)44-30-29-40(42-21-11-12-22-43(42)44)34-23-25-36(26-24-34)49-41-20-10-8-18-38(41)31-46-39-19-9-7-13-33(39)27-28-45(46)49/h1-32H. The van der Waals surface area contributed by atoms with E-state index >= 15 is 0 Å². The van der Waals surface area contributed by atoms with Crippen molar-refractivity contribution in [3.05, 3.63) is 194 Å². The van der Waals surface area contributed by atoms with Crippen LogP contribution in [0.1, 0.15) is 0 Å². The van der Waals surface area contributed by atoms with E-state index in [1.807, 2.05) is 24.3 Å². The zero-order valence-electron chi connectivity index (χ0n) is 28.4. The van der Waals surface area contributed by atoms with Crippen LogP contribution in [-0.4, -0.2) is 9.97 Å². The predicted octanol–water partition coefficient (Wildman–Crippen LogP) is 13.4. The highest BCUT2D eigenvalue weighted by atomic mass is 14.9. The van der Waals surface area contributed by atoms with Crippen molar-refractivity contribution >= 4 is 43.1 Å². The maximum atomic E-state index is 5.15. The Labute approximate surface area is 302 Å². The van der Waals surface area contributed by atoms with Crippen molar-refractivity contribution in [2.45, 2.75) is 0 Å². The van der Waals surface area contributed by atoms with E-state index in [4.69, 9.17) is 9.97 Å². The summed E-state index contributed by atoms with van der Waals surface area (Å²) in [6.45, 7) is 0. The average molecular weight is 661 g/mol. The van der Waals surface area contributed by atoms with Crippen LogP contribution in [0.2, 0.25) is 0 Å². The first-order valence-corrected chi connectivity index (χ1v) is 17.7. The Morgan fingerprint density at radius 1 is 0.269 bits per heavy atom. The molecule has 2 heteroatoms. The molecule has 0 unspecified atom stereocenters. The molecule has 10 aromatic rings. The van der Waals surface area contributed by atoms with Gasteiger partial charge in [0.25, 0.3) is 0 Å². The van der Waals surface area contributed by atoms with E-state index in [0.29, 0.717) is 0 Å². The van der Waals surface area contributed by atoms with E-state index in [1.165, 1.54) is 60.0 Å². The van der Waals surface area contributed by atoms with Gasteiger partial charge in [-0.2, -0.15) is 0 Å². The van der Waals surface area contributed by atoms with Crippen LogP contribution in [-0.2, 0) is 0 Å². The molecule has 1 aromatic heterocycles. The van der Waals surface area contributed by atoms with Crippen LogP contribution in [0, 0.1) is 0 Å². The first-order valence-electron chi connectivity index (χ1n) is 17.7. The lowest BCUT2D eigenvalue weighted by Gasteiger charge is -2.16. The van der Waals surface area contributed by atoms with Crippen LogP contribution < -0.4 is 0 Å². The van der Waals surface area contributed by atoms with E-state index in [0.717, 1.165) is 39.3 Å². The first-order chi connectivity index (χ1) is 25.8. The number of fused-ring (bicyclic) bond motifs is 5. The molecule has 0 aliphatic heterocycles. The minimum Gasteiger partial charge on any atom is -0.228 e. The van der Waals surface area contributed by atoms with Gasteiger partial charge >= 0.3 is 0 Å². The normalized spacial score (nSPS) is 11.5. The first kappa shape index (κ1) is 30.0. The highest BCUT2D eigenvalue weighted by Crippen LogP contribution is 2.41. The third-order valence-corrected chi connectivity index (χ3v) is 10.3. The van der Waals surface area contributed by atoms with Crippen molar-refractivity contribution in [1.82, 2.24) is 9.97 Å². The van der Waals surface area contributed by atoms with Crippen LogP contribution >= 0.6 is 0 Å². The molecule has 0 amide bonds. The summed E-state index contributed by atoms with van der Waals surface area (Å²) >= 11 is 0. The second-order valence-electron chi connectivity index (χ2n) is 13.3. The van der Waals surface area contributed by atoms with Gasteiger partial charge in [-0.15, -0.1) is 0 Å². The molecule has 0 radical (unpaired) electrons. The maximum Gasteiger partial charge on any atom is 0.160 e. The molecule has 0 bridgehead atoms. The summed E-state index contributed by atoms with van der Waals surface area (Å²) in [7, 11) is 0. The van der Waals surface area contributed by atoms with Crippen molar-refractivity contribution in [3.8, 4) is 56.2 Å². The second kappa shape index (κ2) is 12.5. The Morgan fingerprint density at radius 2 is 0.827 bits per heavy atom. The quantitative estimate of drug-likeness (QED) is 0.136. The molecular weight excluding hydrogens is 629 g/mol. The summed E-state index contributed by atoms with van der Waals surface area (Å²) in [5.74, 6) is 0.717. The van der Waals surface area contributed by atoms with Crippen molar-refractivity contribution in [1.29, 1.82) is 0 Å². The second-order valence-corrected chi connectivity index (χ2v) is 13.3. The zero-order chi connectivity index (χ0) is 34.4. The molecule has 9 aromatic carbocycles. The Morgan fingerprint density at radius 3 is 1.58 bits per heavy atom. The van der Waals surface area contributed by atoms with Crippen LogP contribution in [0.5, 0.6) is 0 Å². The number of hydrogen-bond acceptors (Lipinski definition) is 2. The van der Waals surface area contributed by atoms with Gasteiger partial charge in [0.05, 0.1) is 11.4 Å². The van der Waals surface area contributed by atoms with Gasteiger partial charge in [-0.25, -0.2) is 9.97 Å². The van der Waals surface area contributed by atoms with Gasteiger partial charge in [0.2, 0.25) is 0 Å². The third kappa shape index (κ3) is 5.12. The zero-order valence-corrected chi connectivity index (χ0v) is 28.4. The van der Waals surface area contributed by atoms with E-state index in [9.17, 15) is 0 Å². The van der Waals surface area contributed by atoms with Crippen LogP contribution in [0.15, 0.2) is 194 Å². The number of hydrogen-bond donors (Lipinski definition) is 0. The van der Waals surface area contributed by atoms with Crippen LogP contribution in [0.4, 0.5) is 0 Å². The summed E-state index contributed by atoms with van der Waals surface area (Å²) in [6, 6.07) is 69.3. The fourth-order valence-electron chi connectivity index (χ4n) is 7.78. The van der Waals surface area contributed by atoms with E-state index in [2.05, 4.69) is 170 Å². The summed E-state index contributed by atoms with van der Waals surface area (Å²) in [4.78, 5) is 10.2. The van der Waals surface area contributed by atoms with Gasteiger partial charge in [-0.1, -0.05) is 182 Å². The predicted molar refractivity (Wildman–Crippen MR) is 219 cm³/mol. The van der Waals surface area contributed by atoms with Crippen molar-refractivity contribution in [2.75, 3.05) is 0 Å². The average Bonchev–Trinajstić information content (AvgIpc) is 3.23. The summed E-state index contributed by atoms with van der Waals surface area (Å²) in [5.41, 5.74) is 9.82. The molecule has 10 rings (SSSR count). The number of benzene rings is 9. The highest BCUT2D eigenvalue weighted by molar-refractivity contribution is 6.20. The molecule has 0 N–H and O–H groups in total. The Kier molecular flexibility index (Phi) is 7.18. The Bertz CT molecular complexity index is 2870. The molecule has 52 heavy (non-hydrogen) atoms. The molecule has 0 saturated heterocycles. The topological polar surface area (TPSA) is 25.8 Å². The SMILES string of the molecule is c1ccc(-c2cc(-c3ccc(-c4ccc(-c5c6ccccc6cc6c5ccc5ccccc56)cc4)c4ccccc34)nc(-c3ccccc3)n2)cc1. The smallest absolute Gasteiger partial charge is 0.160 e. The Balaban J connectivity index is 1.11. The number of rotatable bonds is 5. The lowest BCUT2D eigenvalue weighted by molar-refractivity contribution is 1.18. The summed E-state index contributed by atoms with van der Waals surface area (Å²) in [6.07, 6.45) is 0. The molecule has 0 saturated carbocycles. The molecule has 0 atom stereocenters.